The molecule has 1 aromatic carbocycles. The van der Waals surface area contributed by atoms with Crippen molar-refractivity contribution >= 4 is 31.9 Å². The van der Waals surface area contributed by atoms with Crippen molar-refractivity contribution in [2.24, 2.45) is 0 Å². The van der Waals surface area contributed by atoms with E-state index in [9.17, 15) is 4.39 Å². The number of ether oxygens (including phenoxy) is 1. The molecule has 96 valence electrons. The molecule has 0 radical (unpaired) electrons. The van der Waals surface area contributed by atoms with Gasteiger partial charge in [-0.1, -0.05) is 37.9 Å². The van der Waals surface area contributed by atoms with Crippen molar-refractivity contribution in [1.29, 1.82) is 0 Å². The topological polar surface area (TPSA) is 12.5 Å². The average Bonchev–Trinajstić information content (AvgIpc) is 2.29. The zero-order chi connectivity index (χ0) is 12.7. The summed E-state index contributed by atoms with van der Waals surface area (Å²) in [7, 11) is 1.67. The molecule has 0 N–H and O–H groups in total. The summed E-state index contributed by atoms with van der Waals surface area (Å²) in [5, 5.41) is 0.870. The molecule has 0 fully saturated rings. The summed E-state index contributed by atoms with van der Waals surface area (Å²) in [6.07, 6.45) is 0. The number of methoxy groups -OCH3 is 1. The average molecular weight is 369 g/mol. The molecule has 1 aromatic rings. The summed E-state index contributed by atoms with van der Waals surface area (Å²) in [5.41, 5.74) is 0.713. The SMILES string of the molecule is COCCN(CCBr)Cc1ccc(Br)cc1F. The minimum Gasteiger partial charge on any atom is -0.383 e. The summed E-state index contributed by atoms with van der Waals surface area (Å²) < 4.78 is 19.5. The Morgan fingerprint density at radius 2 is 2.12 bits per heavy atom. The number of halogens is 3. The summed E-state index contributed by atoms with van der Waals surface area (Å²) in [4.78, 5) is 2.16. The lowest BCUT2D eigenvalue weighted by Gasteiger charge is -2.21. The Bertz CT molecular complexity index is 349. The van der Waals surface area contributed by atoms with Crippen LogP contribution in [0.5, 0.6) is 0 Å². The first kappa shape index (κ1) is 15.1. The van der Waals surface area contributed by atoms with E-state index in [0.717, 1.165) is 22.9 Å². The van der Waals surface area contributed by atoms with Gasteiger partial charge in [0.2, 0.25) is 0 Å². The van der Waals surface area contributed by atoms with Gasteiger partial charge in [0.25, 0.3) is 0 Å². The molecule has 0 aromatic heterocycles. The smallest absolute Gasteiger partial charge is 0.128 e. The van der Waals surface area contributed by atoms with Gasteiger partial charge in [0.1, 0.15) is 5.82 Å². The van der Waals surface area contributed by atoms with E-state index >= 15 is 0 Å². The second-order valence-electron chi connectivity index (χ2n) is 3.69. The van der Waals surface area contributed by atoms with Crippen LogP contribution in [0.4, 0.5) is 4.39 Å². The van der Waals surface area contributed by atoms with E-state index in [1.165, 1.54) is 6.07 Å². The molecule has 2 nitrogen and oxygen atoms in total. The standard InChI is InChI=1S/C12H16Br2FNO/c1-17-7-6-16(5-4-13)9-10-2-3-11(14)8-12(10)15/h2-3,8H,4-7,9H2,1H3. The van der Waals surface area contributed by atoms with Gasteiger partial charge in [0.15, 0.2) is 0 Å². The van der Waals surface area contributed by atoms with Crippen LogP contribution < -0.4 is 0 Å². The molecule has 0 saturated carbocycles. The van der Waals surface area contributed by atoms with Crippen LogP contribution in [0.15, 0.2) is 22.7 Å². The minimum absolute atomic E-state index is 0.170. The molecule has 0 atom stereocenters. The maximum atomic E-state index is 13.7. The molecule has 0 aliphatic carbocycles. The van der Waals surface area contributed by atoms with Crippen molar-refractivity contribution in [3.05, 3.63) is 34.1 Å². The Hall–Kier alpha value is 0.0300. The third-order valence-corrected chi connectivity index (χ3v) is 3.27. The number of hydrogen-bond donors (Lipinski definition) is 0. The largest absolute Gasteiger partial charge is 0.383 e. The number of benzene rings is 1. The zero-order valence-corrected chi connectivity index (χ0v) is 12.9. The molecule has 5 heteroatoms. The molecule has 0 aliphatic rings. The van der Waals surface area contributed by atoms with Gasteiger partial charge in [-0.3, -0.25) is 4.90 Å². The lowest BCUT2D eigenvalue weighted by atomic mass is 10.2. The van der Waals surface area contributed by atoms with Gasteiger partial charge in [-0.2, -0.15) is 0 Å². The normalized spacial score (nSPS) is 11.1. The van der Waals surface area contributed by atoms with Crippen LogP contribution in [0.1, 0.15) is 5.56 Å². The Morgan fingerprint density at radius 3 is 2.71 bits per heavy atom. The van der Waals surface area contributed by atoms with E-state index in [4.69, 9.17) is 4.74 Å². The lowest BCUT2D eigenvalue weighted by Crippen LogP contribution is -2.29. The second kappa shape index (κ2) is 8.19. The van der Waals surface area contributed by atoms with Crippen LogP contribution in [-0.4, -0.2) is 37.0 Å². The van der Waals surface area contributed by atoms with Crippen LogP contribution in [0.25, 0.3) is 0 Å². The zero-order valence-electron chi connectivity index (χ0n) is 9.76. The lowest BCUT2D eigenvalue weighted by molar-refractivity contribution is 0.147. The molecule has 0 bridgehead atoms. The van der Waals surface area contributed by atoms with Crippen molar-refractivity contribution in [3.63, 3.8) is 0 Å². The molecule has 17 heavy (non-hydrogen) atoms. The third-order valence-electron chi connectivity index (χ3n) is 2.42. The first-order valence-electron chi connectivity index (χ1n) is 5.38. The molecular formula is C12H16Br2FNO. The van der Waals surface area contributed by atoms with Crippen LogP contribution in [0.3, 0.4) is 0 Å². The Balaban J connectivity index is 2.64. The summed E-state index contributed by atoms with van der Waals surface area (Å²) in [6, 6.07) is 5.17. The molecule has 0 aliphatic heterocycles. The highest BCUT2D eigenvalue weighted by atomic mass is 79.9. The van der Waals surface area contributed by atoms with Crippen molar-refractivity contribution < 1.29 is 9.13 Å². The van der Waals surface area contributed by atoms with Crippen LogP contribution in [-0.2, 0) is 11.3 Å². The fourth-order valence-electron chi connectivity index (χ4n) is 1.50. The van der Waals surface area contributed by atoms with Gasteiger partial charge in [0.05, 0.1) is 6.61 Å². The highest BCUT2D eigenvalue weighted by Crippen LogP contribution is 2.16. The van der Waals surface area contributed by atoms with E-state index in [2.05, 4.69) is 36.8 Å². The quantitative estimate of drug-likeness (QED) is 0.683. The van der Waals surface area contributed by atoms with Gasteiger partial charge in [-0.25, -0.2) is 4.39 Å². The predicted molar refractivity (Wildman–Crippen MR) is 75.0 cm³/mol. The van der Waals surface area contributed by atoms with Crippen molar-refractivity contribution in [2.75, 3.05) is 32.1 Å². The van der Waals surface area contributed by atoms with Crippen LogP contribution >= 0.6 is 31.9 Å². The molecule has 0 unspecified atom stereocenters. The summed E-state index contributed by atoms with van der Waals surface area (Å²) >= 11 is 6.66. The minimum atomic E-state index is -0.170. The van der Waals surface area contributed by atoms with Gasteiger partial charge in [-0.15, -0.1) is 0 Å². The second-order valence-corrected chi connectivity index (χ2v) is 5.40. The summed E-state index contributed by atoms with van der Waals surface area (Å²) in [6.45, 7) is 2.94. The summed E-state index contributed by atoms with van der Waals surface area (Å²) in [5.74, 6) is -0.170. The number of nitrogens with zero attached hydrogens (tertiary/aromatic N) is 1. The number of hydrogen-bond acceptors (Lipinski definition) is 2. The van der Waals surface area contributed by atoms with Crippen LogP contribution in [0.2, 0.25) is 0 Å². The molecule has 0 saturated heterocycles. The van der Waals surface area contributed by atoms with E-state index < -0.39 is 0 Å². The Morgan fingerprint density at radius 1 is 1.35 bits per heavy atom. The maximum Gasteiger partial charge on any atom is 0.128 e. The first-order valence-corrected chi connectivity index (χ1v) is 7.30. The van der Waals surface area contributed by atoms with Gasteiger partial charge < -0.3 is 4.74 Å². The predicted octanol–water partition coefficient (Wildman–Crippen LogP) is 3.43. The van der Waals surface area contributed by atoms with Crippen molar-refractivity contribution in [1.82, 2.24) is 4.90 Å². The monoisotopic (exact) mass is 367 g/mol. The Kier molecular flexibility index (Phi) is 7.27. The fraction of sp³-hybridized carbons (Fsp3) is 0.500. The van der Waals surface area contributed by atoms with Crippen LogP contribution in [0, 0.1) is 5.82 Å². The molecule has 0 spiro atoms. The highest BCUT2D eigenvalue weighted by Gasteiger charge is 2.09. The van der Waals surface area contributed by atoms with Crippen molar-refractivity contribution in [2.45, 2.75) is 6.54 Å². The molecule has 0 amide bonds. The number of alkyl halides is 1. The van der Waals surface area contributed by atoms with Gasteiger partial charge >= 0.3 is 0 Å². The molecular weight excluding hydrogens is 353 g/mol. The van der Waals surface area contributed by atoms with E-state index in [1.807, 2.05) is 12.1 Å². The first-order chi connectivity index (χ1) is 8.17. The van der Waals surface area contributed by atoms with Gasteiger partial charge in [0, 0.05) is 42.1 Å². The van der Waals surface area contributed by atoms with E-state index in [1.54, 1.807) is 7.11 Å². The molecule has 0 heterocycles. The van der Waals surface area contributed by atoms with Crippen molar-refractivity contribution in [3.8, 4) is 0 Å². The maximum absolute atomic E-state index is 13.7. The highest BCUT2D eigenvalue weighted by molar-refractivity contribution is 9.10. The van der Waals surface area contributed by atoms with E-state index in [-0.39, 0.29) is 5.82 Å². The Labute approximate surface area is 118 Å². The number of rotatable bonds is 7. The van der Waals surface area contributed by atoms with Gasteiger partial charge in [-0.05, 0) is 12.1 Å². The van der Waals surface area contributed by atoms with E-state index in [0.29, 0.717) is 18.7 Å². The third kappa shape index (κ3) is 5.46. The molecule has 1 rings (SSSR count). The fourth-order valence-corrected chi connectivity index (χ4v) is 2.34.